The lowest BCUT2D eigenvalue weighted by Crippen LogP contribution is -2.30. The highest BCUT2D eigenvalue weighted by Gasteiger charge is 2.47. The SMILES string of the molecule is Cc1ccc(Cl)cc1C(=O)N1CC(C(=O)O)C(C2CC2)C1. The molecule has 5 heteroatoms. The Labute approximate surface area is 128 Å². The summed E-state index contributed by atoms with van der Waals surface area (Å²) >= 11 is 5.97. The van der Waals surface area contributed by atoms with Crippen molar-refractivity contribution in [1.29, 1.82) is 0 Å². The van der Waals surface area contributed by atoms with Crippen LogP contribution >= 0.6 is 11.6 Å². The molecule has 1 N–H and O–H groups in total. The number of carbonyl (C=O) groups excluding carboxylic acids is 1. The molecule has 2 atom stereocenters. The molecule has 1 heterocycles. The van der Waals surface area contributed by atoms with E-state index in [0.717, 1.165) is 18.4 Å². The van der Waals surface area contributed by atoms with Gasteiger partial charge in [0.15, 0.2) is 0 Å². The number of benzene rings is 1. The molecule has 1 saturated carbocycles. The molecule has 2 fully saturated rings. The van der Waals surface area contributed by atoms with Crippen LogP contribution < -0.4 is 0 Å². The van der Waals surface area contributed by atoms with E-state index in [0.29, 0.717) is 29.6 Å². The van der Waals surface area contributed by atoms with Crippen molar-refractivity contribution in [3.63, 3.8) is 0 Å². The van der Waals surface area contributed by atoms with Crippen LogP contribution in [0.3, 0.4) is 0 Å². The zero-order chi connectivity index (χ0) is 15.1. The van der Waals surface area contributed by atoms with Crippen LogP contribution in [-0.4, -0.2) is 35.0 Å². The standard InChI is InChI=1S/C16H18ClNO3/c1-9-2-5-11(17)6-12(9)15(19)18-7-13(10-3-4-10)14(8-18)16(20)21/h2,5-6,10,13-14H,3-4,7-8H2,1H3,(H,20,21). The van der Waals surface area contributed by atoms with Crippen LogP contribution in [0.5, 0.6) is 0 Å². The molecule has 1 amide bonds. The summed E-state index contributed by atoms with van der Waals surface area (Å²) in [5.41, 5.74) is 1.44. The summed E-state index contributed by atoms with van der Waals surface area (Å²) in [5, 5.41) is 9.89. The van der Waals surface area contributed by atoms with Crippen molar-refractivity contribution < 1.29 is 14.7 Å². The summed E-state index contributed by atoms with van der Waals surface area (Å²) in [7, 11) is 0. The van der Waals surface area contributed by atoms with Crippen LogP contribution in [0.15, 0.2) is 18.2 Å². The summed E-state index contributed by atoms with van der Waals surface area (Å²) in [6.07, 6.45) is 2.18. The van der Waals surface area contributed by atoms with E-state index in [1.807, 2.05) is 13.0 Å². The number of rotatable bonds is 3. The number of carbonyl (C=O) groups is 2. The molecule has 2 unspecified atom stereocenters. The van der Waals surface area contributed by atoms with E-state index in [-0.39, 0.29) is 11.8 Å². The van der Waals surface area contributed by atoms with Crippen molar-refractivity contribution in [2.45, 2.75) is 19.8 Å². The Morgan fingerprint density at radius 1 is 1.29 bits per heavy atom. The highest BCUT2D eigenvalue weighted by molar-refractivity contribution is 6.31. The molecular weight excluding hydrogens is 290 g/mol. The Morgan fingerprint density at radius 2 is 2.00 bits per heavy atom. The quantitative estimate of drug-likeness (QED) is 0.934. The van der Waals surface area contributed by atoms with Crippen LogP contribution in [-0.2, 0) is 4.79 Å². The second kappa shape index (κ2) is 5.34. The van der Waals surface area contributed by atoms with Gasteiger partial charge in [-0.3, -0.25) is 9.59 Å². The maximum absolute atomic E-state index is 12.7. The van der Waals surface area contributed by atoms with Gasteiger partial charge in [0.2, 0.25) is 0 Å². The van der Waals surface area contributed by atoms with Gasteiger partial charge in [-0.25, -0.2) is 0 Å². The fourth-order valence-electron chi connectivity index (χ4n) is 3.25. The van der Waals surface area contributed by atoms with Crippen LogP contribution in [0.25, 0.3) is 0 Å². The number of likely N-dealkylation sites (tertiary alicyclic amines) is 1. The van der Waals surface area contributed by atoms with Crippen molar-refractivity contribution in [3.8, 4) is 0 Å². The fourth-order valence-corrected chi connectivity index (χ4v) is 3.43. The zero-order valence-corrected chi connectivity index (χ0v) is 12.6. The smallest absolute Gasteiger partial charge is 0.308 e. The average molecular weight is 308 g/mol. The first kappa shape index (κ1) is 14.4. The van der Waals surface area contributed by atoms with Gasteiger partial charge in [-0.15, -0.1) is 0 Å². The molecule has 3 rings (SSSR count). The number of nitrogens with zero attached hydrogens (tertiary/aromatic N) is 1. The first-order chi connectivity index (χ1) is 9.97. The second-order valence-corrected chi connectivity index (χ2v) is 6.55. The number of carboxylic acid groups (broad SMARTS) is 1. The molecule has 1 aliphatic carbocycles. The molecule has 1 aliphatic heterocycles. The van der Waals surface area contributed by atoms with Gasteiger partial charge in [-0.05, 0) is 49.3 Å². The lowest BCUT2D eigenvalue weighted by Gasteiger charge is -2.17. The van der Waals surface area contributed by atoms with Gasteiger partial charge in [-0.1, -0.05) is 17.7 Å². The molecule has 1 saturated heterocycles. The third-order valence-corrected chi connectivity index (χ3v) is 4.86. The van der Waals surface area contributed by atoms with Gasteiger partial charge in [0.05, 0.1) is 5.92 Å². The van der Waals surface area contributed by atoms with E-state index < -0.39 is 11.9 Å². The topological polar surface area (TPSA) is 57.6 Å². The zero-order valence-electron chi connectivity index (χ0n) is 11.9. The number of aryl methyl sites for hydroxylation is 1. The largest absolute Gasteiger partial charge is 0.481 e. The van der Waals surface area contributed by atoms with E-state index in [1.54, 1.807) is 17.0 Å². The van der Waals surface area contributed by atoms with Crippen molar-refractivity contribution in [1.82, 2.24) is 4.90 Å². The number of aliphatic carboxylic acids is 1. The molecule has 2 aliphatic rings. The van der Waals surface area contributed by atoms with E-state index in [2.05, 4.69) is 0 Å². The Hall–Kier alpha value is -1.55. The monoisotopic (exact) mass is 307 g/mol. The van der Waals surface area contributed by atoms with Crippen molar-refractivity contribution in [3.05, 3.63) is 34.3 Å². The van der Waals surface area contributed by atoms with Crippen LogP contribution in [0.4, 0.5) is 0 Å². The van der Waals surface area contributed by atoms with Gasteiger partial charge in [0, 0.05) is 23.7 Å². The van der Waals surface area contributed by atoms with Gasteiger partial charge < -0.3 is 10.0 Å². The van der Waals surface area contributed by atoms with E-state index in [9.17, 15) is 14.7 Å². The van der Waals surface area contributed by atoms with Crippen molar-refractivity contribution in [2.75, 3.05) is 13.1 Å². The highest BCUT2D eigenvalue weighted by Crippen LogP contribution is 2.44. The first-order valence-corrected chi connectivity index (χ1v) is 7.63. The van der Waals surface area contributed by atoms with Crippen LogP contribution in [0.2, 0.25) is 5.02 Å². The Kier molecular flexibility index (Phi) is 3.66. The van der Waals surface area contributed by atoms with Gasteiger partial charge >= 0.3 is 5.97 Å². The first-order valence-electron chi connectivity index (χ1n) is 7.25. The minimum absolute atomic E-state index is 0.103. The molecule has 1 aromatic rings. The van der Waals surface area contributed by atoms with Gasteiger partial charge in [0.25, 0.3) is 5.91 Å². The van der Waals surface area contributed by atoms with E-state index >= 15 is 0 Å². The van der Waals surface area contributed by atoms with Gasteiger partial charge in [-0.2, -0.15) is 0 Å². The fraction of sp³-hybridized carbons (Fsp3) is 0.500. The maximum atomic E-state index is 12.7. The summed E-state index contributed by atoms with van der Waals surface area (Å²) in [4.78, 5) is 25.7. The predicted molar refractivity (Wildman–Crippen MR) is 79.4 cm³/mol. The summed E-state index contributed by atoms with van der Waals surface area (Å²) in [6, 6.07) is 5.24. The van der Waals surface area contributed by atoms with E-state index in [1.165, 1.54) is 0 Å². The summed E-state index contributed by atoms with van der Waals surface area (Å²) < 4.78 is 0. The van der Waals surface area contributed by atoms with Crippen molar-refractivity contribution in [2.24, 2.45) is 17.8 Å². The molecule has 1 aromatic carbocycles. The molecule has 21 heavy (non-hydrogen) atoms. The second-order valence-electron chi connectivity index (χ2n) is 6.12. The lowest BCUT2D eigenvalue weighted by molar-refractivity contribution is -0.142. The maximum Gasteiger partial charge on any atom is 0.308 e. The third-order valence-electron chi connectivity index (χ3n) is 4.63. The Bertz CT molecular complexity index is 597. The summed E-state index contributed by atoms with van der Waals surface area (Å²) in [6.45, 7) is 2.72. The normalized spacial score (nSPS) is 25.1. The number of halogens is 1. The van der Waals surface area contributed by atoms with E-state index in [4.69, 9.17) is 11.6 Å². The number of amides is 1. The minimum Gasteiger partial charge on any atom is -0.481 e. The Balaban J connectivity index is 1.82. The average Bonchev–Trinajstić information content (AvgIpc) is 3.19. The number of hydrogen-bond donors (Lipinski definition) is 1. The summed E-state index contributed by atoms with van der Waals surface area (Å²) in [5.74, 6) is -0.745. The molecule has 4 nitrogen and oxygen atoms in total. The number of hydrogen-bond acceptors (Lipinski definition) is 2. The highest BCUT2D eigenvalue weighted by atomic mass is 35.5. The molecule has 112 valence electrons. The number of carboxylic acids is 1. The van der Waals surface area contributed by atoms with Crippen LogP contribution in [0, 0.1) is 24.7 Å². The molecule has 0 spiro atoms. The predicted octanol–water partition coefficient (Wildman–Crippen LogP) is 2.83. The van der Waals surface area contributed by atoms with Crippen LogP contribution in [0.1, 0.15) is 28.8 Å². The molecular formula is C16H18ClNO3. The minimum atomic E-state index is -0.787. The molecule has 0 aromatic heterocycles. The Morgan fingerprint density at radius 3 is 2.62 bits per heavy atom. The molecule has 0 bridgehead atoms. The van der Waals surface area contributed by atoms with Crippen molar-refractivity contribution >= 4 is 23.5 Å². The molecule has 0 radical (unpaired) electrons. The van der Waals surface area contributed by atoms with Gasteiger partial charge in [0.1, 0.15) is 0 Å². The third kappa shape index (κ3) is 2.77. The lowest BCUT2D eigenvalue weighted by atomic mass is 9.92.